The van der Waals surface area contributed by atoms with Gasteiger partial charge in [-0.1, -0.05) is 0 Å². The summed E-state index contributed by atoms with van der Waals surface area (Å²) in [5, 5.41) is 3.28. The summed E-state index contributed by atoms with van der Waals surface area (Å²) in [5.74, 6) is 1.53. The van der Waals surface area contributed by atoms with E-state index in [1.54, 1.807) is 0 Å². The monoisotopic (exact) mass is 404 g/mol. The molecule has 130 valence electrons. The second kappa shape index (κ2) is 7.70. The van der Waals surface area contributed by atoms with Crippen LogP contribution in [0, 0.1) is 5.92 Å². The van der Waals surface area contributed by atoms with E-state index in [9.17, 15) is 8.42 Å². The minimum absolute atomic E-state index is 0.145. The van der Waals surface area contributed by atoms with E-state index in [2.05, 4.69) is 41.8 Å². The lowest BCUT2D eigenvalue weighted by atomic mass is 10.1. The topological polar surface area (TPSA) is 66.7 Å². The SMILES string of the molecule is CCNC(=NCC1CCS(=O)(=O)C1)N(C)Cc1cc(Br)cn1C. The van der Waals surface area contributed by atoms with Crippen molar-refractivity contribution in [2.75, 3.05) is 31.6 Å². The van der Waals surface area contributed by atoms with Crippen molar-refractivity contribution in [1.82, 2.24) is 14.8 Å². The van der Waals surface area contributed by atoms with E-state index in [1.165, 1.54) is 5.69 Å². The van der Waals surface area contributed by atoms with Gasteiger partial charge in [0.15, 0.2) is 15.8 Å². The maximum absolute atomic E-state index is 11.5. The summed E-state index contributed by atoms with van der Waals surface area (Å²) in [5.41, 5.74) is 1.17. The van der Waals surface area contributed by atoms with Gasteiger partial charge in [0.25, 0.3) is 0 Å². The van der Waals surface area contributed by atoms with Gasteiger partial charge in [-0.3, -0.25) is 4.99 Å². The normalized spacial score (nSPS) is 20.7. The molecule has 0 radical (unpaired) electrons. The highest BCUT2D eigenvalue weighted by Gasteiger charge is 2.27. The molecule has 0 aromatic carbocycles. The zero-order chi connectivity index (χ0) is 17.0. The van der Waals surface area contributed by atoms with Gasteiger partial charge in [-0.25, -0.2) is 8.42 Å². The second-order valence-electron chi connectivity index (χ2n) is 6.08. The maximum atomic E-state index is 11.5. The van der Waals surface area contributed by atoms with Crippen molar-refractivity contribution >= 4 is 31.7 Å². The van der Waals surface area contributed by atoms with Gasteiger partial charge in [-0.2, -0.15) is 0 Å². The van der Waals surface area contributed by atoms with E-state index in [0.29, 0.717) is 12.3 Å². The van der Waals surface area contributed by atoms with Gasteiger partial charge >= 0.3 is 0 Å². The van der Waals surface area contributed by atoms with Crippen LogP contribution in [0.2, 0.25) is 0 Å². The minimum Gasteiger partial charge on any atom is -0.357 e. The first-order chi connectivity index (χ1) is 10.8. The number of hydrogen-bond acceptors (Lipinski definition) is 3. The lowest BCUT2D eigenvalue weighted by Crippen LogP contribution is -2.39. The number of aromatic nitrogens is 1. The number of halogens is 1. The van der Waals surface area contributed by atoms with Crippen molar-refractivity contribution in [2.45, 2.75) is 19.9 Å². The van der Waals surface area contributed by atoms with Crippen LogP contribution in [0.3, 0.4) is 0 Å². The van der Waals surface area contributed by atoms with Crippen LogP contribution in [0.4, 0.5) is 0 Å². The van der Waals surface area contributed by atoms with Crippen molar-refractivity contribution in [3.05, 3.63) is 22.4 Å². The van der Waals surface area contributed by atoms with Crippen LogP contribution in [0.1, 0.15) is 19.0 Å². The van der Waals surface area contributed by atoms with Crippen molar-refractivity contribution in [3.8, 4) is 0 Å². The largest absolute Gasteiger partial charge is 0.357 e. The molecule has 23 heavy (non-hydrogen) atoms. The highest BCUT2D eigenvalue weighted by molar-refractivity contribution is 9.10. The summed E-state index contributed by atoms with van der Waals surface area (Å²) >= 11 is 3.48. The number of hydrogen-bond donors (Lipinski definition) is 1. The summed E-state index contributed by atoms with van der Waals surface area (Å²) in [6.45, 7) is 4.10. The highest BCUT2D eigenvalue weighted by Crippen LogP contribution is 2.19. The number of nitrogens with zero attached hydrogens (tertiary/aromatic N) is 3. The zero-order valence-electron chi connectivity index (χ0n) is 13.9. The van der Waals surface area contributed by atoms with Crippen LogP contribution in [-0.2, 0) is 23.4 Å². The number of guanidine groups is 1. The molecule has 0 spiro atoms. The summed E-state index contributed by atoms with van der Waals surface area (Å²) in [7, 11) is 1.17. The summed E-state index contributed by atoms with van der Waals surface area (Å²) in [6, 6.07) is 2.09. The Bertz CT molecular complexity index is 669. The third-order valence-electron chi connectivity index (χ3n) is 4.00. The molecule has 6 nitrogen and oxygen atoms in total. The fourth-order valence-corrected chi connectivity index (χ4v) is 5.16. The Morgan fingerprint density at radius 2 is 2.30 bits per heavy atom. The molecule has 1 saturated heterocycles. The Labute approximate surface area is 147 Å². The molecule has 0 aliphatic carbocycles. The lowest BCUT2D eigenvalue weighted by Gasteiger charge is -2.22. The molecule has 1 aromatic rings. The first-order valence-electron chi connectivity index (χ1n) is 7.81. The Balaban J connectivity index is 2.01. The highest BCUT2D eigenvalue weighted by atomic mass is 79.9. The Kier molecular flexibility index (Phi) is 6.13. The molecule has 1 aliphatic rings. The minimum atomic E-state index is -2.84. The van der Waals surface area contributed by atoms with Gasteiger partial charge in [-0.15, -0.1) is 0 Å². The van der Waals surface area contributed by atoms with Gasteiger partial charge in [0.2, 0.25) is 0 Å². The van der Waals surface area contributed by atoms with Crippen molar-refractivity contribution in [3.63, 3.8) is 0 Å². The number of nitrogens with one attached hydrogen (secondary N) is 1. The molecule has 2 heterocycles. The van der Waals surface area contributed by atoms with E-state index in [1.807, 2.05) is 27.2 Å². The van der Waals surface area contributed by atoms with Gasteiger partial charge in [0, 0.05) is 43.5 Å². The molecule has 2 rings (SSSR count). The van der Waals surface area contributed by atoms with E-state index < -0.39 is 9.84 Å². The molecule has 1 aromatic heterocycles. The predicted octanol–water partition coefficient (Wildman–Crippen LogP) is 1.62. The maximum Gasteiger partial charge on any atom is 0.194 e. The first kappa shape index (κ1) is 18.3. The molecule has 1 atom stereocenters. The molecule has 0 amide bonds. The second-order valence-corrected chi connectivity index (χ2v) is 9.22. The van der Waals surface area contributed by atoms with E-state index in [-0.39, 0.29) is 11.7 Å². The quantitative estimate of drug-likeness (QED) is 0.597. The molecule has 0 saturated carbocycles. The lowest BCUT2D eigenvalue weighted by molar-refractivity contribution is 0.458. The van der Waals surface area contributed by atoms with Gasteiger partial charge < -0.3 is 14.8 Å². The van der Waals surface area contributed by atoms with E-state index in [0.717, 1.165) is 29.9 Å². The van der Waals surface area contributed by atoms with Gasteiger partial charge in [-0.05, 0) is 41.3 Å². The Hall–Kier alpha value is -1.02. The Morgan fingerprint density at radius 3 is 2.83 bits per heavy atom. The van der Waals surface area contributed by atoms with Crippen LogP contribution in [-0.4, -0.2) is 55.5 Å². The standard InChI is InChI=1S/C15H25BrN4O2S/c1-4-17-15(18-8-12-5-6-23(21,22)11-12)20(3)10-14-7-13(16)9-19(14)2/h7,9,12H,4-6,8,10-11H2,1-3H3,(H,17,18). The van der Waals surface area contributed by atoms with E-state index >= 15 is 0 Å². The number of aliphatic imine (C=N–C) groups is 1. The average Bonchev–Trinajstić information content (AvgIpc) is 2.96. The average molecular weight is 405 g/mol. The fraction of sp³-hybridized carbons (Fsp3) is 0.667. The molecular formula is C15H25BrN4O2S. The van der Waals surface area contributed by atoms with Gasteiger partial charge in [0.05, 0.1) is 18.1 Å². The molecule has 1 N–H and O–H groups in total. The fourth-order valence-electron chi connectivity index (χ4n) is 2.74. The van der Waals surface area contributed by atoms with Crippen molar-refractivity contribution in [1.29, 1.82) is 0 Å². The smallest absolute Gasteiger partial charge is 0.194 e. The molecule has 1 fully saturated rings. The van der Waals surface area contributed by atoms with Crippen molar-refractivity contribution < 1.29 is 8.42 Å². The number of sulfone groups is 1. The van der Waals surface area contributed by atoms with Gasteiger partial charge in [0.1, 0.15) is 0 Å². The third-order valence-corrected chi connectivity index (χ3v) is 6.27. The van der Waals surface area contributed by atoms with Crippen LogP contribution in [0.25, 0.3) is 0 Å². The molecule has 8 heteroatoms. The molecular weight excluding hydrogens is 380 g/mol. The summed E-state index contributed by atoms with van der Waals surface area (Å²) in [6.07, 6.45) is 2.75. The van der Waals surface area contributed by atoms with Crippen LogP contribution in [0.5, 0.6) is 0 Å². The van der Waals surface area contributed by atoms with E-state index in [4.69, 9.17) is 0 Å². The van der Waals surface area contributed by atoms with Crippen molar-refractivity contribution in [2.24, 2.45) is 18.0 Å². The number of rotatable bonds is 5. The zero-order valence-corrected chi connectivity index (χ0v) is 16.3. The summed E-state index contributed by atoms with van der Waals surface area (Å²) < 4.78 is 26.2. The van der Waals surface area contributed by atoms with Crippen LogP contribution >= 0.6 is 15.9 Å². The Morgan fingerprint density at radius 1 is 1.57 bits per heavy atom. The molecule has 1 aliphatic heterocycles. The third kappa shape index (κ3) is 5.24. The predicted molar refractivity (Wildman–Crippen MR) is 97.3 cm³/mol. The first-order valence-corrected chi connectivity index (χ1v) is 10.4. The van der Waals surface area contributed by atoms with Crippen LogP contribution in [0.15, 0.2) is 21.7 Å². The molecule has 0 bridgehead atoms. The number of aryl methyl sites for hydroxylation is 1. The molecule has 1 unspecified atom stereocenters. The summed E-state index contributed by atoms with van der Waals surface area (Å²) in [4.78, 5) is 6.70. The van der Waals surface area contributed by atoms with Crippen LogP contribution < -0.4 is 5.32 Å².